The van der Waals surface area contributed by atoms with Crippen molar-refractivity contribution in [3.05, 3.63) is 59.7 Å². The van der Waals surface area contributed by atoms with Crippen molar-refractivity contribution in [2.24, 2.45) is 0 Å². The second-order valence-electron chi connectivity index (χ2n) is 4.96. The van der Waals surface area contributed by atoms with E-state index in [1.165, 1.54) is 12.1 Å². The highest BCUT2D eigenvalue weighted by Gasteiger charge is 2.14. The maximum atomic E-state index is 12.3. The van der Waals surface area contributed by atoms with Crippen LogP contribution in [0.3, 0.4) is 0 Å². The summed E-state index contributed by atoms with van der Waals surface area (Å²) in [6.07, 6.45) is 1.30. The van der Waals surface area contributed by atoms with E-state index in [0.717, 1.165) is 12.0 Å². The van der Waals surface area contributed by atoms with Gasteiger partial charge in [0.25, 0.3) is 10.0 Å². The van der Waals surface area contributed by atoms with Crippen LogP contribution in [0.2, 0.25) is 0 Å². The summed E-state index contributed by atoms with van der Waals surface area (Å²) in [5.41, 5.74) is 2.19. The first-order chi connectivity index (χ1) is 10.5. The number of carbonyl (C=O) groups excluding carboxylic acids is 1. The fourth-order valence-electron chi connectivity index (χ4n) is 2.05. The minimum Gasteiger partial charge on any atom is -0.294 e. The van der Waals surface area contributed by atoms with Crippen LogP contribution in [0.25, 0.3) is 0 Å². The molecule has 5 heteroatoms. The van der Waals surface area contributed by atoms with Crippen LogP contribution in [0.5, 0.6) is 0 Å². The van der Waals surface area contributed by atoms with Crippen LogP contribution in [0.15, 0.2) is 53.4 Å². The summed E-state index contributed by atoms with van der Waals surface area (Å²) < 4.78 is 27.2. The minimum absolute atomic E-state index is 0.00735. The minimum atomic E-state index is -3.64. The maximum Gasteiger partial charge on any atom is 0.261 e. The average molecular weight is 317 g/mol. The first-order valence-corrected chi connectivity index (χ1v) is 8.69. The average Bonchev–Trinajstić information content (AvgIpc) is 2.54. The van der Waals surface area contributed by atoms with Crippen LogP contribution < -0.4 is 4.72 Å². The van der Waals surface area contributed by atoms with E-state index in [1.54, 1.807) is 31.2 Å². The summed E-state index contributed by atoms with van der Waals surface area (Å²) in [5, 5.41) is 0. The van der Waals surface area contributed by atoms with Crippen LogP contribution in [-0.2, 0) is 16.4 Å². The molecule has 0 spiro atoms. The van der Waals surface area contributed by atoms with E-state index in [9.17, 15) is 13.2 Å². The molecule has 116 valence electrons. The molecule has 0 heterocycles. The summed E-state index contributed by atoms with van der Waals surface area (Å²) in [6.45, 7) is 3.81. The summed E-state index contributed by atoms with van der Waals surface area (Å²) in [6, 6.07) is 13.2. The highest BCUT2D eigenvalue weighted by Crippen LogP contribution is 2.18. The Labute approximate surface area is 131 Å². The Balaban J connectivity index is 2.20. The lowest BCUT2D eigenvalue weighted by Gasteiger charge is -2.09. The molecule has 2 aromatic rings. The third-order valence-corrected chi connectivity index (χ3v) is 4.82. The number of sulfonamides is 1. The first kappa shape index (κ1) is 16.2. The van der Waals surface area contributed by atoms with Crippen LogP contribution >= 0.6 is 0 Å². The van der Waals surface area contributed by atoms with Crippen LogP contribution in [0, 0.1) is 0 Å². The highest BCUT2D eigenvalue weighted by atomic mass is 32.2. The summed E-state index contributed by atoms with van der Waals surface area (Å²) in [7, 11) is -3.64. The number of anilines is 1. The molecule has 0 saturated carbocycles. The van der Waals surface area contributed by atoms with Gasteiger partial charge in [-0.05, 0) is 36.2 Å². The van der Waals surface area contributed by atoms with E-state index in [1.807, 2.05) is 19.1 Å². The number of carbonyl (C=O) groups is 1. The molecule has 22 heavy (non-hydrogen) atoms. The lowest BCUT2D eigenvalue weighted by atomic mass is 10.1. The quantitative estimate of drug-likeness (QED) is 0.827. The van der Waals surface area contributed by atoms with Gasteiger partial charge in [0.05, 0.1) is 4.90 Å². The van der Waals surface area contributed by atoms with Gasteiger partial charge in [-0.25, -0.2) is 8.42 Å². The predicted octanol–water partition coefficient (Wildman–Crippen LogP) is 3.64. The van der Waals surface area contributed by atoms with E-state index in [2.05, 4.69) is 4.72 Å². The van der Waals surface area contributed by atoms with Gasteiger partial charge in [-0.1, -0.05) is 38.1 Å². The van der Waals surface area contributed by atoms with Crippen molar-refractivity contribution in [1.29, 1.82) is 0 Å². The molecule has 0 fully saturated rings. The SMILES string of the molecule is CCC(=O)c1ccc(S(=O)(=O)Nc2ccc(CC)cc2)cc1. The molecule has 0 aliphatic carbocycles. The van der Waals surface area contributed by atoms with E-state index in [0.29, 0.717) is 17.7 Å². The second kappa shape index (κ2) is 6.75. The Hall–Kier alpha value is -2.14. The van der Waals surface area contributed by atoms with Gasteiger partial charge in [0.1, 0.15) is 0 Å². The van der Waals surface area contributed by atoms with Gasteiger partial charge in [-0.15, -0.1) is 0 Å². The molecule has 0 atom stereocenters. The van der Waals surface area contributed by atoms with Crippen LogP contribution in [-0.4, -0.2) is 14.2 Å². The van der Waals surface area contributed by atoms with Gasteiger partial charge in [0, 0.05) is 17.7 Å². The fourth-order valence-corrected chi connectivity index (χ4v) is 3.11. The Morgan fingerprint density at radius 1 is 0.955 bits per heavy atom. The molecule has 0 amide bonds. The van der Waals surface area contributed by atoms with Crippen LogP contribution in [0.1, 0.15) is 36.2 Å². The maximum absolute atomic E-state index is 12.3. The molecule has 0 radical (unpaired) electrons. The van der Waals surface area contributed by atoms with Gasteiger partial charge in [0.2, 0.25) is 0 Å². The second-order valence-corrected chi connectivity index (χ2v) is 6.64. The molecule has 2 rings (SSSR count). The molecular formula is C17H19NO3S. The van der Waals surface area contributed by atoms with Gasteiger partial charge in [-0.2, -0.15) is 0 Å². The van der Waals surface area contributed by atoms with Crippen molar-refractivity contribution in [2.75, 3.05) is 4.72 Å². The van der Waals surface area contributed by atoms with E-state index < -0.39 is 10.0 Å². The summed E-state index contributed by atoms with van der Waals surface area (Å²) >= 11 is 0. The van der Waals surface area contributed by atoms with Gasteiger partial charge >= 0.3 is 0 Å². The van der Waals surface area contributed by atoms with Gasteiger partial charge in [-0.3, -0.25) is 9.52 Å². The Bertz CT molecular complexity index is 747. The predicted molar refractivity (Wildman–Crippen MR) is 87.7 cm³/mol. The highest BCUT2D eigenvalue weighted by molar-refractivity contribution is 7.92. The molecule has 2 aromatic carbocycles. The largest absolute Gasteiger partial charge is 0.294 e. The van der Waals surface area contributed by atoms with Crippen molar-refractivity contribution in [2.45, 2.75) is 31.6 Å². The first-order valence-electron chi connectivity index (χ1n) is 7.21. The van der Waals surface area contributed by atoms with Crippen molar-refractivity contribution >= 4 is 21.5 Å². The Morgan fingerprint density at radius 3 is 2.05 bits per heavy atom. The Kier molecular flexibility index (Phi) is 4.98. The number of hydrogen-bond donors (Lipinski definition) is 1. The Morgan fingerprint density at radius 2 is 1.55 bits per heavy atom. The van der Waals surface area contributed by atoms with E-state index in [-0.39, 0.29) is 10.7 Å². The van der Waals surface area contributed by atoms with Gasteiger partial charge < -0.3 is 0 Å². The number of rotatable bonds is 6. The van der Waals surface area contributed by atoms with Crippen molar-refractivity contribution in [3.63, 3.8) is 0 Å². The smallest absolute Gasteiger partial charge is 0.261 e. The summed E-state index contributed by atoms with van der Waals surface area (Å²) in [5.74, 6) is -0.00735. The molecule has 0 aromatic heterocycles. The van der Waals surface area contributed by atoms with Crippen LogP contribution in [0.4, 0.5) is 5.69 Å². The molecule has 0 saturated heterocycles. The van der Waals surface area contributed by atoms with E-state index in [4.69, 9.17) is 0 Å². The zero-order valence-corrected chi connectivity index (χ0v) is 13.5. The fraction of sp³-hybridized carbons (Fsp3) is 0.235. The monoisotopic (exact) mass is 317 g/mol. The molecule has 0 aliphatic rings. The number of hydrogen-bond acceptors (Lipinski definition) is 3. The lowest BCUT2D eigenvalue weighted by molar-refractivity contribution is 0.0988. The number of aryl methyl sites for hydroxylation is 1. The normalized spacial score (nSPS) is 11.2. The number of benzene rings is 2. The standard InChI is InChI=1S/C17H19NO3S/c1-3-13-5-9-15(10-6-13)18-22(20,21)16-11-7-14(8-12-16)17(19)4-2/h5-12,18H,3-4H2,1-2H3. The molecule has 4 nitrogen and oxygen atoms in total. The molecule has 0 unspecified atom stereocenters. The number of Topliss-reactive ketones (excluding diaryl/α,β-unsaturated/α-hetero) is 1. The molecule has 0 aliphatic heterocycles. The number of nitrogens with one attached hydrogen (secondary N) is 1. The van der Waals surface area contributed by atoms with E-state index >= 15 is 0 Å². The molecule has 1 N–H and O–H groups in total. The van der Waals surface area contributed by atoms with Crippen molar-refractivity contribution < 1.29 is 13.2 Å². The van der Waals surface area contributed by atoms with Crippen molar-refractivity contribution in [3.8, 4) is 0 Å². The molecular weight excluding hydrogens is 298 g/mol. The van der Waals surface area contributed by atoms with Gasteiger partial charge in [0.15, 0.2) is 5.78 Å². The topological polar surface area (TPSA) is 63.2 Å². The zero-order valence-electron chi connectivity index (χ0n) is 12.7. The molecule has 0 bridgehead atoms. The lowest BCUT2D eigenvalue weighted by Crippen LogP contribution is -2.13. The third kappa shape index (κ3) is 3.74. The van der Waals surface area contributed by atoms with Crippen molar-refractivity contribution in [1.82, 2.24) is 0 Å². The number of ketones is 1. The summed E-state index contributed by atoms with van der Waals surface area (Å²) in [4.78, 5) is 11.7. The zero-order chi connectivity index (χ0) is 16.2. The third-order valence-electron chi connectivity index (χ3n) is 3.42.